The molecule has 1 aromatic carbocycles. The number of pyridine rings is 1. The summed E-state index contributed by atoms with van der Waals surface area (Å²) in [4.78, 5) is 27.3. The number of rotatable bonds is 5. The van der Waals surface area contributed by atoms with Crippen LogP contribution in [0.4, 0.5) is 4.79 Å². The van der Waals surface area contributed by atoms with Gasteiger partial charge in [0, 0.05) is 12.2 Å². The number of amides is 2. The van der Waals surface area contributed by atoms with Gasteiger partial charge in [-0.3, -0.25) is 4.98 Å². The molecule has 1 aromatic heterocycles. The average molecular weight is 339 g/mol. The third kappa shape index (κ3) is 4.56. The smallest absolute Gasteiger partial charge is 0.335 e. The Morgan fingerprint density at radius 2 is 1.68 bits per heavy atom. The first-order valence-electron chi connectivity index (χ1n) is 8.43. The van der Waals surface area contributed by atoms with Crippen LogP contribution in [0.25, 0.3) is 0 Å². The molecule has 0 radical (unpaired) electrons. The number of hydrogen-bond donors (Lipinski definition) is 3. The van der Waals surface area contributed by atoms with E-state index in [0.717, 1.165) is 29.8 Å². The second-order valence-corrected chi connectivity index (χ2v) is 6.15. The molecule has 25 heavy (non-hydrogen) atoms. The summed E-state index contributed by atoms with van der Waals surface area (Å²) in [6.45, 7) is 0.723. The Morgan fingerprint density at radius 3 is 2.44 bits per heavy atom. The van der Waals surface area contributed by atoms with Crippen molar-refractivity contribution in [3.05, 3.63) is 64.5 Å². The highest BCUT2D eigenvalue weighted by molar-refractivity contribution is 5.87. The number of nitrogens with zero attached hydrogens (tertiary/aromatic N) is 1. The molecule has 0 fully saturated rings. The fourth-order valence-electron chi connectivity index (χ4n) is 2.91. The van der Waals surface area contributed by atoms with E-state index in [2.05, 4.69) is 21.7 Å². The van der Waals surface area contributed by atoms with Crippen molar-refractivity contribution in [3.63, 3.8) is 0 Å². The number of fused-ring (bicyclic) bond motifs is 1. The maximum absolute atomic E-state index is 11.9. The van der Waals surface area contributed by atoms with E-state index in [1.807, 2.05) is 6.07 Å². The molecule has 1 heterocycles. The third-order valence-electron chi connectivity index (χ3n) is 4.32. The molecular weight excluding hydrogens is 318 g/mol. The van der Waals surface area contributed by atoms with Crippen molar-refractivity contribution in [3.8, 4) is 0 Å². The summed E-state index contributed by atoms with van der Waals surface area (Å²) in [5.41, 5.74) is 4.41. The summed E-state index contributed by atoms with van der Waals surface area (Å²) < 4.78 is 0. The van der Waals surface area contributed by atoms with Crippen LogP contribution < -0.4 is 10.6 Å². The lowest BCUT2D eigenvalue weighted by atomic mass is 9.96. The van der Waals surface area contributed by atoms with E-state index in [1.165, 1.54) is 30.5 Å². The lowest BCUT2D eigenvalue weighted by molar-refractivity contribution is 0.0697. The molecule has 2 aromatic rings. The molecule has 0 saturated carbocycles. The number of urea groups is 1. The Labute approximate surface area is 146 Å². The Balaban J connectivity index is 1.47. The summed E-state index contributed by atoms with van der Waals surface area (Å²) in [7, 11) is 0. The first-order chi connectivity index (χ1) is 12.1. The van der Waals surface area contributed by atoms with Crippen LogP contribution in [0.15, 0.2) is 36.4 Å². The number of aryl methyl sites for hydroxylation is 2. The van der Waals surface area contributed by atoms with Crippen molar-refractivity contribution >= 4 is 12.0 Å². The topological polar surface area (TPSA) is 91.3 Å². The van der Waals surface area contributed by atoms with Gasteiger partial charge >= 0.3 is 12.0 Å². The number of carbonyl (C=O) groups is 2. The minimum Gasteiger partial charge on any atom is -0.478 e. The van der Waals surface area contributed by atoms with Gasteiger partial charge in [-0.25, -0.2) is 9.59 Å². The Bertz CT molecular complexity index is 772. The Morgan fingerprint density at radius 1 is 0.960 bits per heavy atom. The molecule has 3 N–H and O–H groups in total. The van der Waals surface area contributed by atoms with E-state index < -0.39 is 5.97 Å². The molecule has 0 unspecified atom stereocenters. The van der Waals surface area contributed by atoms with Crippen LogP contribution in [0, 0.1) is 0 Å². The molecule has 130 valence electrons. The maximum atomic E-state index is 11.9. The molecule has 6 nitrogen and oxygen atoms in total. The van der Waals surface area contributed by atoms with E-state index in [9.17, 15) is 9.59 Å². The Kier molecular flexibility index (Phi) is 5.28. The second kappa shape index (κ2) is 7.79. The molecule has 3 rings (SSSR count). The quantitative estimate of drug-likeness (QED) is 0.781. The second-order valence-electron chi connectivity index (χ2n) is 6.15. The van der Waals surface area contributed by atoms with Crippen LogP contribution in [-0.2, 0) is 25.9 Å². The first kappa shape index (κ1) is 17.0. The molecule has 0 spiro atoms. The molecular formula is C19H21N3O3. The lowest BCUT2D eigenvalue weighted by Crippen LogP contribution is -2.34. The van der Waals surface area contributed by atoms with Crippen molar-refractivity contribution in [1.82, 2.24) is 15.6 Å². The summed E-state index contributed by atoms with van der Waals surface area (Å²) in [5.74, 6) is -0.963. The molecule has 1 aliphatic carbocycles. The SMILES string of the molecule is O=C(NCc1ccc(C(=O)O)cc1)NCc1ccc2c(n1)CCCC2. The average Bonchev–Trinajstić information content (AvgIpc) is 2.65. The van der Waals surface area contributed by atoms with E-state index in [1.54, 1.807) is 12.1 Å². The number of hydrogen-bond acceptors (Lipinski definition) is 3. The molecule has 0 saturated heterocycles. The van der Waals surface area contributed by atoms with Crippen LogP contribution >= 0.6 is 0 Å². The predicted molar refractivity (Wildman–Crippen MR) is 93.4 cm³/mol. The van der Waals surface area contributed by atoms with Crippen molar-refractivity contribution in [1.29, 1.82) is 0 Å². The largest absolute Gasteiger partial charge is 0.478 e. The summed E-state index contributed by atoms with van der Waals surface area (Å²) in [5, 5.41) is 14.4. The highest BCUT2D eigenvalue weighted by Gasteiger charge is 2.11. The molecule has 6 heteroatoms. The van der Waals surface area contributed by atoms with Crippen LogP contribution in [0.1, 0.15) is 45.7 Å². The normalized spacial score (nSPS) is 13.0. The first-order valence-corrected chi connectivity index (χ1v) is 8.43. The molecule has 2 amide bonds. The molecule has 0 atom stereocenters. The van der Waals surface area contributed by atoms with E-state index in [0.29, 0.717) is 13.1 Å². The number of nitrogens with one attached hydrogen (secondary N) is 2. The summed E-state index contributed by atoms with van der Waals surface area (Å²) >= 11 is 0. The van der Waals surface area contributed by atoms with Gasteiger partial charge in [-0.1, -0.05) is 18.2 Å². The highest BCUT2D eigenvalue weighted by atomic mass is 16.4. The third-order valence-corrected chi connectivity index (χ3v) is 4.32. The molecule has 0 bridgehead atoms. The zero-order valence-electron chi connectivity index (χ0n) is 13.9. The number of benzene rings is 1. The molecule has 1 aliphatic rings. The number of carboxylic acid groups (broad SMARTS) is 1. The summed E-state index contributed by atoms with van der Waals surface area (Å²) in [6.07, 6.45) is 4.51. The van der Waals surface area contributed by atoms with Gasteiger partial charge in [0.1, 0.15) is 0 Å². The van der Waals surface area contributed by atoms with Gasteiger partial charge < -0.3 is 15.7 Å². The van der Waals surface area contributed by atoms with E-state index in [-0.39, 0.29) is 11.6 Å². The fourth-order valence-corrected chi connectivity index (χ4v) is 2.91. The predicted octanol–water partition coefficient (Wildman–Crippen LogP) is 2.66. The van der Waals surface area contributed by atoms with Gasteiger partial charge in [0.25, 0.3) is 0 Å². The van der Waals surface area contributed by atoms with Gasteiger partial charge in [0.05, 0.1) is 17.8 Å². The van der Waals surface area contributed by atoms with Crippen LogP contribution in [0.5, 0.6) is 0 Å². The number of carbonyl (C=O) groups excluding carboxylic acids is 1. The van der Waals surface area contributed by atoms with Gasteiger partial charge in [-0.2, -0.15) is 0 Å². The molecule has 0 aliphatic heterocycles. The van der Waals surface area contributed by atoms with Crippen LogP contribution in [0.3, 0.4) is 0 Å². The van der Waals surface area contributed by atoms with Gasteiger partial charge in [0.2, 0.25) is 0 Å². The van der Waals surface area contributed by atoms with Gasteiger partial charge in [0.15, 0.2) is 0 Å². The van der Waals surface area contributed by atoms with Gasteiger partial charge in [-0.05, 0) is 55.0 Å². The fraction of sp³-hybridized carbons (Fsp3) is 0.316. The number of aromatic carboxylic acids is 1. The monoisotopic (exact) mass is 339 g/mol. The van der Waals surface area contributed by atoms with Gasteiger partial charge in [-0.15, -0.1) is 0 Å². The minimum atomic E-state index is -0.963. The zero-order chi connectivity index (χ0) is 17.6. The van der Waals surface area contributed by atoms with Crippen LogP contribution in [0.2, 0.25) is 0 Å². The van der Waals surface area contributed by atoms with E-state index >= 15 is 0 Å². The van der Waals surface area contributed by atoms with E-state index in [4.69, 9.17) is 5.11 Å². The standard InChI is InChI=1S/C19H21N3O3/c23-18(24)15-7-5-13(6-8-15)11-20-19(25)21-12-16-10-9-14-3-1-2-4-17(14)22-16/h5-10H,1-4,11-12H2,(H,23,24)(H2,20,21,25). The van der Waals surface area contributed by atoms with Crippen molar-refractivity contribution in [2.75, 3.05) is 0 Å². The van der Waals surface area contributed by atoms with Crippen molar-refractivity contribution in [2.45, 2.75) is 38.8 Å². The van der Waals surface area contributed by atoms with Crippen LogP contribution in [-0.4, -0.2) is 22.1 Å². The number of aromatic nitrogens is 1. The van der Waals surface area contributed by atoms with Crippen molar-refractivity contribution < 1.29 is 14.7 Å². The zero-order valence-corrected chi connectivity index (χ0v) is 13.9. The Hall–Kier alpha value is -2.89. The maximum Gasteiger partial charge on any atom is 0.335 e. The summed E-state index contributed by atoms with van der Waals surface area (Å²) in [6, 6.07) is 10.2. The minimum absolute atomic E-state index is 0.228. The lowest BCUT2D eigenvalue weighted by Gasteiger charge is -2.15. The highest BCUT2D eigenvalue weighted by Crippen LogP contribution is 2.19. The van der Waals surface area contributed by atoms with Crippen molar-refractivity contribution in [2.24, 2.45) is 0 Å². The number of carboxylic acids is 1.